The SMILES string of the molecule is N#CCC1CCC(n2c(CC(O)Nc3cccnc3)nc3cnc4[nH]ccc4c32)CC1. The molecule has 31 heavy (non-hydrogen) atoms. The van der Waals surface area contributed by atoms with E-state index in [2.05, 4.69) is 30.9 Å². The Morgan fingerprint density at radius 2 is 2.13 bits per heavy atom. The molecule has 158 valence electrons. The number of anilines is 1. The number of fused-ring (bicyclic) bond motifs is 3. The van der Waals surface area contributed by atoms with Crippen LogP contribution in [0.5, 0.6) is 0 Å². The molecular weight excluding hydrogens is 390 g/mol. The Morgan fingerprint density at radius 1 is 1.26 bits per heavy atom. The van der Waals surface area contributed by atoms with Crippen molar-refractivity contribution in [2.75, 3.05) is 5.32 Å². The van der Waals surface area contributed by atoms with Crippen molar-refractivity contribution in [2.45, 2.75) is 50.8 Å². The molecule has 1 unspecified atom stereocenters. The van der Waals surface area contributed by atoms with Gasteiger partial charge >= 0.3 is 0 Å². The van der Waals surface area contributed by atoms with Crippen LogP contribution in [0.3, 0.4) is 0 Å². The maximum atomic E-state index is 10.7. The zero-order valence-electron chi connectivity index (χ0n) is 17.2. The Balaban J connectivity index is 1.50. The zero-order chi connectivity index (χ0) is 21.2. The second-order valence-corrected chi connectivity index (χ2v) is 8.27. The van der Waals surface area contributed by atoms with Gasteiger partial charge in [-0.15, -0.1) is 0 Å². The standard InChI is InChI=1S/C23H25N7O/c24-9-7-15-3-5-17(6-4-15)30-20(12-21(31)28-16-2-1-10-25-13-16)29-19-14-27-23-18(22(19)30)8-11-26-23/h1-2,8,10-11,13-15,17,21,28,31H,3-7,12H2,(H,26,27). The third-order valence-electron chi connectivity index (χ3n) is 6.24. The number of aliphatic hydroxyl groups is 1. The van der Waals surface area contributed by atoms with Crippen LogP contribution in [0.1, 0.15) is 44.0 Å². The van der Waals surface area contributed by atoms with Gasteiger partial charge in [0.15, 0.2) is 0 Å². The fourth-order valence-electron chi connectivity index (χ4n) is 4.78. The molecule has 0 radical (unpaired) electrons. The fraction of sp³-hybridized carbons (Fsp3) is 0.391. The molecule has 0 bridgehead atoms. The van der Waals surface area contributed by atoms with Crippen molar-refractivity contribution in [1.29, 1.82) is 5.26 Å². The number of nitrogens with zero attached hydrogens (tertiary/aromatic N) is 5. The summed E-state index contributed by atoms with van der Waals surface area (Å²) in [6, 6.07) is 8.36. The number of nitriles is 1. The number of aromatic nitrogens is 5. The van der Waals surface area contributed by atoms with E-state index in [1.165, 1.54) is 0 Å². The maximum Gasteiger partial charge on any atom is 0.139 e. The van der Waals surface area contributed by atoms with Gasteiger partial charge < -0.3 is 20.0 Å². The van der Waals surface area contributed by atoms with Crippen molar-refractivity contribution in [3.8, 4) is 6.07 Å². The largest absolute Gasteiger partial charge is 0.373 e. The molecule has 0 aromatic carbocycles. The first-order chi connectivity index (χ1) is 15.2. The van der Waals surface area contributed by atoms with Crippen LogP contribution in [-0.4, -0.2) is 35.8 Å². The highest BCUT2D eigenvalue weighted by Gasteiger charge is 2.27. The molecule has 8 nitrogen and oxygen atoms in total. The number of rotatable bonds is 6. The number of imidazole rings is 1. The lowest BCUT2D eigenvalue weighted by molar-refractivity contribution is 0.196. The highest BCUT2D eigenvalue weighted by molar-refractivity contribution is 6.01. The van der Waals surface area contributed by atoms with E-state index in [9.17, 15) is 5.11 Å². The molecule has 0 amide bonds. The van der Waals surface area contributed by atoms with Crippen LogP contribution < -0.4 is 5.32 Å². The van der Waals surface area contributed by atoms with Crippen molar-refractivity contribution >= 4 is 27.8 Å². The lowest BCUT2D eigenvalue weighted by Gasteiger charge is -2.30. The quantitative estimate of drug-likeness (QED) is 0.411. The minimum atomic E-state index is -0.788. The smallest absolute Gasteiger partial charge is 0.139 e. The Hall–Kier alpha value is -3.44. The van der Waals surface area contributed by atoms with Crippen LogP contribution in [0.4, 0.5) is 5.69 Å². The lowest BCUT2D eigenvalue weighted by atomic mass is 9.84. The molecule has 1 saturated carbocycles. The molecule has 0 aliphatic heterocycles. The normalized spacial score (nSPS) is 20.0. The van der Waals surface area contributed by atoms with Gasteiger partial charge in [-0.25, -0.2) is 9.97 Å². The molecule has 4 heterocycles. The van der Waals surface area contributed by atoms with Crippen molar-refractivity contribution in [2.24, 2.45) is 5.92 Å². The van der Waals surface area contributed by atoms with Gasteiger partial charge in [-0.2, -0.15) is 5.26 Å². The topological polar surface area (TPSA) is 115 Å². The predicted octanol–water partition coefficient (Wildman–Crippen LogP) is 3.93. The summed E-state index contributed by atoms with van der Waals surface area (Å²) in [5.74, 6) is 1.32. The van der Waals surface area contributed by atoms with Crippen molar-refractivity contribution in [1.82, 2.24) is 24.5 Å². The number of pyridine rings is 2. The number of H-pyrrole nitrogens is 1. The number of hydrogen-bond acceptors (Lipinski definition) is 6. The first kappa shape index (κ1) is 19.5. The molecule has 4 aromatic rings. The summed E-state index contributed by atoms with van der Waals surface area (Å²) in [6.45, 7) is 0. The Kier molecular flexibility index (Phi) is 5.26. The second-order valence-electron chi connectivity index (χ2n) is 8.27. The number of aliphatic hydroxyl groups excluding tert-OH is 1. The van der Waals surface area contributed by atoms with Crippen molar-refractivity contribution in [3.05, 3.63) is 48.8 Å². The zero-order valence-corrected chi connectivity index (χ0v) is 17.2. The fourth-order valence-corrected chi connectivity index (χ4v) is 4.78. The van der Waals surface area contributed by atoms with Crippen LogP contribution in [0.15, 0.2) is 43.0 Å². The Labute approximate surface area is 180 Å². The minimum absolute atomic E-state index is 0.293. The molecule has 4 aromatic heterocycles. The van der Waals surface area contributed by atoms with Gasteiger partial charge in [0.1, 0.15) is 23.2 Å². The van der Waals surface area contributed by atoms with Crippen LogP contribution in [0.2, 0.25) is 0 Å². The van der Waals surface area contributed by atoms with Crippen LogP contribution in [0, 0.1) is 17.2 Å². The van der Waals surface area contributed by atoms with Gasteiger partial charge in [0.2, 0.25) is 0 Å². The van der Waals surface area contributed by atoms with Crippen LogP contribution >= 0.6 is 0 Å². The van der Waals surface area contributed by atoms with Gasteiger partial charge in [0.05, 0.1) is 29.9 Å². The molecular formula is C23H25N7O. The third-order valence-corrected chi connectivity index (χ3v) is 6.24. The van der Waals surface area contributed by atoms with E-state index in [4.69, 9.17) is 10.2 Å². The molecule has 1 aliphatic rings. The molecule has 5 rings (SSSR count). The molecule has 3 N–H and O–H groups in total. The van der Waals surface area contributed by atoms with E-state index >= 15 is 0 Å². The van der Waals surface area contributed by atoms with E-state index in [0.717, 1.165) is 59.3 Å². The van der Waals surface area contributed by atoms with E-state index in [1.807, 2.05) is 24.4 Å². The molecule has 1 aliphatic carbocycles. The Morgan fingerprint density at radius 3 is 2.90 bits per heavy atom. The van der Waals surface area contributed by atoms with Crippen LogP contribution in [-0.2, 0) is 6.42 Å². The number of nitrogens with one attached hydrogen (secondary N) is 2. The summed E-state index contributed by atoms with van der Waals surface area (Å²) < 4.78 is 2.31. The summed E-state index contributed by atoms with van der Waals surface area (Å²) in [5.41, 5.74) is 3.52. The van der Waals surface area contributed by atoms with E-state index in [0.29, 0.717) is 24.8 Å². The van der Waals surface area contributed by atoms with Crippen molar-refractivity contribution in [3.63, 3.8) is 0 Å². The van der Waals surface area contributed by atoms with E-state index in [-0.39, 0.29) is 0 Å². The minimum Gasteiger partial charge on any atom is -0.373 e. The summed E-state index contributed by atoms with van der Waals surface area (Å²) in [6.07, 6.45) is 11.4. The number of aromatic amines is 1. The Bertz CT molecular complexity index is 1220. The summed E-state index contributed by atoms with van der Waals surface area (Å²) in [7, 11) is 0. The van der Waals surface area contributed by atoms with Gasteiger partial charge in [-0.1, -0.05) is 0 Å². The van der Waals surface area contributed by atoms with Gasteiger partial charge in [-0.05, 0) is 49.8 Å². The van der Waals surface area contributed by atoms with Crippen LogP contribution in [0.25, 0.3) is 22.1 Å². The number of hydrogen-bond donors (Lipinski definition) is 3. The monoisotopic (exact) mass is 415 g/mol. The third kappa shape index (κ3) is 3.84. The first-order valence-electron chi connectivity index (χ1n) is 10.8. The average molecular weight is 416 g/mol. The van der Waals surface area contributed by atoms with Crippen molar-refractivity contribution < 1.29 is 5.11 Å². The molecule has 8 heteroatoms. The van der Waals surface area contributed by atoms with Gasteiger partial charge in [0, 0.05) is 36.4 Å². The molecule has 0 saturated heterocycles. The second kappa shape index (κ2) is 8.36. The first-order valence-corrected chi connectivity index (χ1v) is 10.8. The summed E-state index contributed by atoms with van der Waals surface area (Å²) in [4.78, 5) is 16.7. The molecule has 1 fully saturated rings. The highest BCUT2D eigenvalue weighted by atomic mass is 16.3. The van der Waals surface area contributed by atoms with Gasteiger partial charge in [-0.3, -0.25) is 4.98 Å². The predicted molar refractivity (Wildman–Crippen MR) is 118 cm³/mol. The highest BCUT2D eigenvalue weighted by Crippen LogP contribution is 2.38. The van der Waals surface area contributed by atoms with Gasteiger partial charge in [0.25, 0.3) is 0 Å². The summed E-state index contributed by atoms with van der Waals surface area (Å²) >= 11 is 0. The molecule has 0 spiro atoms. The average Bonchev–Trinajstić information content (AvgIpc) is 3.39. The summed E-state index contributed by atoms with van der Waals surface area (Å²) in [5, 5.41) is 23.9. The lowest BCUT2D eigenvalue weighted by Crippen LogP contribution is -2.26. The van der Waals surface area contributed by atoms with E-state index in [1.54, 1.807) is 18.6 Å². The maximum absolute atomic E-state index is 10.7. The van der Waals surface area contributed by atoms with E-state index < -0.39 is 6.23 Å². The molecule has 1 atom stereocenters.